The molecule has 19 heteroatoms. The number of piperazine rings is 1. The summed E-state index contributed by atoms with van der Waals surface area (Å²) < 4.78 is 12.7. The number of benzene rings is 2. The van der Waals surface area contributed by atoms with Crippen LogP contribution in [0.15, 0.2) is 53.5 Å². The Kier molecular flexibility index (Phi) is 12.0. The maximum atomic E-state index is 13.7. The zero-order chi connectivity index (χ0) is 43.8. The summed E-state index contributed by atoms with van der Waals surface area (Å²) in [5.74, 6) is -0.393. The number of aryl methyl sites for hydroxylation is 1. The Morgan fingerprint density at radius 2 is 1.73 bits per heavy atom. The molecular formula is C44H49ClN10O8. The van der Waals surface area contributed by atoms with Crippen molar-refractivity contribution in [1.29, 1.82) is 0 Å². The Balaban J connectivity index is 0.807. The normalized spacial score (nSPS) is 19.9. The number of amides is 5. The van der Waals surface area contributed by atoms with Crippen molar-refractivity contribution < 1.29 is 33.4 Å². The molecule has 2 aromatic carbocycles. The number of pyridine rings is 1. The second-order valence-electron chi connectivity index (χ2n) is 16.7. The van der Waals surface area contributed by atoms with Crippen LogP contribution in [0.1, 0.15) is 52.8 Å². The average molecular weight is 881 g/mol. The molecule has 63 heavy (non-hydrogen) atoms. The van der Waals surface area contributed by atoms with Crippen molar-refractivity contribution in [3.05, 3.63) is 75.2 Å². The first kappa shape index (κ1) is 42.2. The van der Waals surface area contributed by atoms with Gasteiger partial charge in [-0.15, -0.1) is 0 Å². The number of carbonyl (C=O) groups excluding carboxylic acids is 5. The second kappa shape index (κ2) is 17.9. The van der Waals surface area contributed by atoms with Crippen molar-refractivity contribution in [1.82, 2.24) is 35.0 Å². The van der Waals surface area contributed by atoms with E-state index in [-0.39, 0.29) is 36.7 Å². The fourth-order valence-corrected chi connectivity index (χ4v) is 9.23. The topological polar surface area (TPSA) is 201 Å². The van der Waals surface area contributed by atoms with Gasteiger partial charge in [0.1, 0.15) is 11.1 Å². The summed E-state index contributed by atoms with van der Waals surface area (Å²) in [6.07, 6.45) is 4.42. The molecule has 5 aliphatic rings. The maximum absolute atomic E-state index is 13.7. The van der Waals surface area contributed by atoms with Crippen LogP contribution in [0.25, 0.3) is 10.9 Å². The summed E-state index contributed by atoms with van der Waals surface area (Å²) in [5.41, 5.74) is 2.48. The third-order valence-corrected chi connectivity index (χ3v) is 13.0. The summed E-state index contributed by atoms with van der Waals surface area (Å²) in [6, 6.07) is 11.6. The number of likely N-dealkylation sites (N-methyl/N-ethyl adjacent to an activating group) is 1. The molecule has 0 spiro atoms. The number of fused-ring (bicyclic) bond motifs is 2. The number of aromatic nitrogens is 3. The number of carbonyl (C=O) groups is 5. The van der Waals surface area contributed by atoms with Crippen LogP contribution in [0.4, 0.5) is 23.1 Å². The van der Waals surface area contributed by atoms with Crippen molar-refractivity contribution >= 4 is 75.2 Å². The number of hydrogen-bond donors (Lipinski definition) is 3. The molecule has 330 valence electrons. The van der Waals surface area contributed by atoms with Crippen molar-refractivity contribution in [3.63, 3.8) is 0 Å². The fraction of sp³-hybridized carbons (Fsp3) is 0.455. The van der Waals surface area contributed by atoms with Crippen LogP contribution >= 0.6 is 11.6 Å². The van der Waals surface area contributed by atoms with Crippen molar-refractivity contribution in [2.45, 2.75) is 44.7 Å². The van der Waals surface area contributed by atoms with Crippen molar-refractivity contribution in [2.24, 2.45) is 11.8 Å². The molecular weight excluding hydrogens is 832 g/mol. The lowest BCUT2D eigenvalue weighted by atomic mass is 9.94. The van der Waals surface area contributed by atoms with Gasteiger partial charge in [0, 0.05) is 82.8 Å². The quantitative estimate of drug-likeness (QED) is 0.166. The smallest absolute Gasteiger partial charge is 0.293 e. The molecule has 0 saturated carbocycles. The van der Waals surface area contributed by atoms with Crippen LogP contribution in [0.3, 0.4) is 0 Å². The molecule has 4 aromatic rings. The highest BCUT2D eigenvalue weighted by atomic mass is 35.5. The number of nitrogens with one attached hydrogen (secondary N) is 3. The molecule has 1 unspecified atom stereocenters. The van der Waals surface area contributed by atoms with Gasteiger partial charge in [0.05, 0.1) is 41.7 Å². The van der Waals surface area contributed by atoms with Gasteiger partial charge in [-0.3, -0.25) is 43.9 Å². The number of hydrogen-bond acceptors (Lipinski definition) is 14. The molecule has 3 N–H and O–H groups in total. The van der Waals surface area contributed by atoms with Gasteiger partial charge < -0.3 is 34.5 Å². The minimum Gasteiger partial charge on any atom is -0.478 e. The third kappa shape index (κ3) is 8.66. The molecule has 4 fully saturated rings. The summed E-state index contributed by atoms with van der Waals surface area (Å²) in [7, 11) is 1.51. The number of nitrogens with zero attached hydrogens (tertiary/aromatic N) is 7. The van der Waals surface area contributed by atoms with E-state index in [1.165, 1.54) is 7.05 Å². The van der Waals surface area contributed by atoms with Gasteiger partial charge in [-0.25, -0.2) is 4.98 Å². The third-order valence-electron chi connectivity index (χ3n) is 12.7. The lowest BCUT2D eigenvalue weighted by Gasteiger charge is -2.39. The summed E-state index contributed by atoms with van der Waals surface area (Å²) in [6.45, 7) is 7.09. The minimum absolute atomic E-state index is 0.0765. The van der Waals surface area contributed by atoms with E-state index >= 15 is 0 Å². The summed E-state index contributed by atoms with van der Waals surface area (Å²) in [5, 5.41) is 9.22. The van der Waals surface area contributed by atoms with Crippen LogP contribution in [0.2, 0.25) is 5.02 Å². The maximum Gasteiger partial charge on any atom is 0.293 e. The van der Waals surface area contributed by atoms with Gasteiger partial charge in [0.2, 0.25) is 17.8 Å². The van der Waals surface area contributed by atoms with Crippen molar-refractivity contribution in [2.75, 3.05) is 87.8 Å². The monoisotopic (exact) mass is 880 g/mol. The molecule has 0 radical (unpaired) electrons. The summed E-state index contributed by atoms with van der Waals surface area (Å²) in [4.78, 5) is 94.0. The molecule has 0 bridgehead atoms. The Morgan fingerprint density at radius 3 is 2.46 bits per heavy atom. The second-order valence-corrected chi connectivity index (χ2v) is 17.2. The minimum atomic E-state index is -0.999. The number of imide groups is 2. The van der Waals surface area contributed by atoms with E-state index in [0.717, 1.165) is 80.9 Å². The first-order valence-electron chi connectivity index (χ1n) is 21.5. The predicted octanol–water partition coefficient (Wildman–Crippen LogP) is 2.79. The van der Waals surface area contributed by atoms with Crippen molar-refractivity contribution in [3.8, 4) is 5.75 Å². The number of rotatable bonds is 13. The number of piperidine rings is 2. The van der Waals surface area contributed by atoms with Gasteiger partial charge in [-0.1, -0.05) is 17.7 Å². The first-order valence-corrected chi connectivity index (χ1v) is 21.9. The van der Waals surface area contributed by atoms with Crippen LogP contribution in [0.5, 0.6) is 5.75 Å². The number of ether oxygens (including phenoxy) is 2. The Morgan fingerprint density at radius 1 is 0.937 bits per heavy atom. The predicted molar refractivity (Wildman–Crippen MR) is 234 cm³/mol. The molecule has 1 atom stereocenters. The van der Waals surface area contributed by atoms with Crippen LogP contribution in [-0.2, 0) is 25.7 Å². The highest BCUT2D eigenvalue weighted by Gasteiger charge is 2.46. The highest BCUT2D eigenvalue weighted by molar-refractivity contribution is 6.33. The molecule has 18 nitrogen and oxygen atoms in total. The van der Waals surface area contributed by atoms with Gasteiger partial charge in [0.15, 0.2) is 18.2 Å². The Bertz CT molecular complexity index is 2530. The van der Waals surface area contributed by atoms with Gasteiger partial charge in [0.25, 0.3) is 23.3 Å². The highest BCUT2D eigenvalue weighted by Crippen LogP contribution is 2.36. The van der Waals surface area contributed by atoms with E-state index < -0.39 is 29.7 Å². The molecule has 9 rings (SSSR count). The number of halogens is 1. The van der Waals surface area contributed by atoms with Gasteiger partial charge in [-0.2, -0.15) is 4.98 Å². The summed E-state index contributed by atoms with van der Waals surface area (Å²) >= 11 is 6.63. The molecule has 2 aromatic heterocycles. The zero-order valence-electron chi connectivity index (χ0n) is 34.9. The van der Waals surface area contributed by atoms with E-state index in [1.54, 1.807) is 29.0 Å². The molecule has 5 aliphatic heterocycles. The van der Waals surface area contributed by atoms with E-state index in [0.29, 0.717) is 70.9 Å². The van der Waals surface area contributed by atoms with Crippen LogP contribution in [-0.4, -0.2) is 133 Å². The largest absolute Gasteiger partial charge is 0.478 e. The van der Waals surface area contributed by atoms with Crippen LogP contribution in [0, 0.1) is 11.8 Å². The Labute approximate surface area is 367 Å². The first-order chi connectivity index (χ1) is 30.5. The molecule has 0 aliphatic carbocycles. The van der Waals surface area contributed by atoms with E-state index in [2.05, 4.69) is 35.6 Å². The standard InChI is InChI=1S/C44H49ClN10O8/c1-46-37(57)25-63-35-20-28-19-29(5-6-32(28)54(42(35)60)14-11-27-23-62-24-27)48-39-31(45)21-47-44(50-39)53-17-15-51(16-18-53)22-26-9-12-52(13-10-26)33-4-2-3-30-38(33)43(61)55(41(30)59)34-7-8-36(56)49-40(34)58/h2-6,19-21,26-27,34H,7-18,22-25H2,1H3,(H,46,57)(H,47,48,50)(H,49,56,58). The van der Waals surface area contributed by atoms with Gasteiger partial charge >= 0.3 is 0 Å². The zero-order valence-corrected chi connectivity index (χ0v) is 35.7. The number of anilines is 4. The lowest BCUT2D eigenvalue weighted by molar-refractivity contribution is -0.136. The molecule has 4 saturated heterocycles. The lowest BCUT2D eigenvalue weighted by Crippen LogP contribution is -2.54. The molecule has 5 amide bonds. The van der Waals surface area contributed by atoms with Gasteiger partial charge in [-0.05, 0) is 68.0 Å². The molecule has 7 heterocycles. The Hall–Kier alpha value is -6.11. The van der Waals surface area contributed by atoms with E-state index in [9.17, 15) is 28.8 Å². The SMILES string of the molecule is CNC(=O)COc1cc2cc(Nc3nc(N4CCN(CC5CCN(c6cccc7c6C(=O)N(C6CCC(=O)NC6=O)C7=O)CC5)CC4)ncc3Cl)ccc2n(CCC2COC2)c1=O. The van der Waals surface area contributed by atoms with E-state index in [1.807, 2.05) is 24.3 Å². The van der Waals surface area contributed by atoms with Crippen LogP contribution < -0.4 is 36.0 Å². The van der Waals surface area contributed by atoms with E-state index in [4.69, 9.17) is 26.1 Å². The average Bonchev–Trinajstić information content (AvgIpc) is 3.52. The fourth-order valence-electron chi connectivity index (χ4n) is 9.09.